The number of thiophene rings is 1. The van der Waals surface area contributed by atoms with Gasteiger partial charge in [-0.1, -0.05) is 48.0 Å². The molecule has 1 heterocycles. The highest BCUT2D eigenvalue weighted by Crippen LogP contribution is 2.24. The maximum absolute atomic E-state index is 12.6. The van der Waals surface area contributed by atoms with Crippen LogP contribution in [0.2, 0.25) is 5.02 Å². The predicted octanol–water partition coefficient (Wildman–Crippen LogP) is 4.09. The van der Waals surface area contributed by atoms with Gasteiger partial charge in [0.25, 0.3) is 11.8 Å². The summed E-state index contributed by atoms with van der Waals surface area (Å²) in [6.07, 6.45) is 0. The number of carbonyl (C=O) groups is 3. The number of amides is 3. The molecule has 30 heavy (non-hydrogen) atoms. The molecule has 2 aromatic carbocycles. The van der Waals surface area contributed by atoms with Gasteiger partial charge >= 0.3 is 0 Å². The van der Waals surface area contributed by atoms with Crippen molar-refractivity contribution < 1.29 is 14.4 Å². The maximum Gasteiger partial charge on any atom is 0.265 e. The van der Waals surface area contributed by atoms with E-state index < -0.39 is 11.9 Å². The molecular weight excluding hydrogens is 422 g/mol. The number of halogens is 1. The largest absolute Gasteiger partial charge is 0.350 e. The number of carbonyl (C=O) groups excluding carboxylic acids is 3. The summed E-state index contributed by atoms with van der Waals surface area (Å²) in [5.74, 6) is -1.05. The van der Waals surface area contributed by atoms with Crippen LogP contribution in [-0.4, -0.2) is 23.8 Å². The molecule has 0 aliphatic heterocycles. The molecule has 0 saturated heterocycles. The minimum atomic E-state index is -0.735. The number of hydrogen-bond acceptors (Lipinski definition) is 4. The molecule has 1 aromatic heterocycles. The monoisotopic (exact) mass is 441 g/mol. The summed E-state index contributed by atoms with van der Waals surface area (Å²) in [5, 5.41) is 10.3. The average molecular weight is 442 g/mol. The van der Waals surface area contributed by atoms with E-state index in [9.17, 15) is 14.4 Å². The van der Waals surface area contributed by atoms with Gasteiger partial charge < -0.3 is 16.0 Å². The molecule has 0 aliphatic carbocycles. The van der Waals surface area contributed by atoms with Crippen LogP contribution < -0.4 is 16.0 Å². The first-order valence-electron chi connectivity index (χ1n) is 9.21. The van der Waals surface area contributed by atoms with Gasteiger partial charge in [0.05, 0.1) is 15.6 Å². The van der Waals surface area contributed by atoms with Crippen LogP contribution in [0.5, 0.6) is 0 Å². The second-order valence-corrected chi connectivity index (χ2v) is 7.88. The fraction of sp³-hybridized carbons (Fsp3) is 0.136. The van der Waals surface area contributed by atoms with Gasteiger partial charge in [-0.3, -0.25) is 14.4 Å². The molecular formula is C22H20ClN3O3S. The number of rotatable bonds is 7. The summed E-state index contributed by atoms with van der Waals surface area (Å²) >= 11 is 7.46. The van der Waals surface area contributed by atoms with Crippen molar-refractivity contribution in [3.05, 3.63) is 87.1 Å². The topological polar surface area (TPSA) is 87.3 Å². The molecule has 1 unspecified atom stereocenters. The van der Waals surface area contributed by atoms with E-state index >= 15 is 0 Å². The second kappa shape index (κ2) is 10.0. The minimum absolute atomic E-state index is 0.281. The van der Waals surface area contributed by atoms with Crippen molar-refractivity contribution in [1.29, 1.82) is 0 Å². The Morgan fingerprint density at radius 2 is 1.77 bits per heavy atom. The lowest BCUT2D eigenvalue weighted by atomic mass is 10.1. The summed E-state index contributed by atoms with van der Waals surface area (Å²) in [6, 6.07) is 16.8. The lowest BCUT2D eigenvalue weighted by molar-refractivity contribution is -0.122. The predicted molar refractivity (Wildman–Crippen MR) is 119 cm³/mol. The molecule has 0 bridgehead atoms. The number of nitrogens with one attached hydrogen (secondary N) is 3. The molecule has 6 nitrogen and oxygen atoms in total. The van der Waals surface area contributed by atoms with E-state index in [0.29, 0.717) is 22.1 Å². The Morgan fingerprint density at radius 3 is 2.47 bits per heavy atom. The molecule has 3 rings (SSSR count). The highest BCUT2D eigenvalue weighted by Gasteiger charge is 2.18. The summed E-state index contributed by atoms with van der Waals surface area (Å²) in [4.78, 5) is 37.6. The summed E-state index contributed by atoms with van der Waals surface area (Å²) in [7, 11) is 0. The van der Waals surface area contributed by atoms with E-state index in [-0.39, 0.29) is 17.4 Å². The molecule has 3 aromatic rings. The van der Waals surface area contributed by atoms with E-state index in [4.69, 9.17) is 11.6 Å². The lowest BCUT2D eigenvalue weighted by Gasteiger charge is -2.15. The molecule has 0 fully saturated rings. The van der Waals surface area contributed by atoms with Gasteiger partial charge in [0.15, 0.2) is 0 Å². The third-order valence-electron chi connectivity index (χ3n) is 4.27. The van der Waals surface area contributed by atoms with Gasteiger partial charge in [0, 0.05) is 12.1 Å². The second-order valence-electron chi connectivity index (χ2n) is 6.52. The molecule has 154 valence electrons. The van der Waals surface area contributed by atoms with Gasteiger partial charge in [0.1, 0.15) is 6.04 Å². The van der Waals surface area contributed by atoms with Crippen molar-refractivity contribution in [3.8, 4) is 0 Å². The van der Waals surface area contributed by atoms with Crippen LogP contribution in [-0.2, 0) is 11.3 Å². The normalized spacial score (nSPS) is 11.4. The fourth-order valence-electron chi connectivity index (χ4n) is 2.64. The standard InChI is InChI=1S/C22H20ClN3O3S/c1-14(20(27)24-13-15-6-3-2-4-7-15)25-21(28)16-9-10-17(23)18(12-16)26-22(29)19-8-5-11-30-19/h2-12,14H,13H2,1H3,(H,24,27)(H,25,28)(H,26,29). The molecule has 0 saturated carbocycles. The molecule has 8 heteroatoms. The van der Waals surface area contributed by atoms with Crippen LogP contribution in [0.3, 0.4) is 0 Å². The quantitative estimate of drug-likeness (QED) is 0.516. The Morgan fingerprint density at radius 1 is 1.00 bits per heavy atom. The van der Waals surface area contributed by atoms with Crippen LogP contribution in [0.1, 0.15) is 32.5 Å². The Labute approximate surface area is 183 Å². The van der Waals surface area contributed by atoms with Crippen LogP contribution in [0.25, 0.3) is 0 Å². The van der Waals surface area contributed by atoms with Crippen molar-refractivity contribution >= 4 is 46.3 Å². The minimum Gasteiger partial charge on any atom is -0.350 e. The molecule has 1 atom stereocenters. The molecule has 3 N–H and O–H groups in total. The molecule has 0 spiro atoms. The van der Waals surface area contributed by atoms with Crippen LogP contribution in [0.15, 0.2) is 66.0 Å². The number of hydrogen-bond donors (Lipinski definition) is 3. The van der Waals surface area contributed by atoms with E-state index in [2.05, 4.69) is 16.0 Å². The first kappa shape index (κ1) is 21.5. The van der Waals surface area contributed by atoms with E-state index in [1.807, 2.05) is 30.3 Å². The molecule has 0 radical (unpaired) electrons. The van der Waals surface area contributed by atoms with E-state index in [0.717, 1.165) is 5.56 Å². The first-order valence-corrected chi connectivity index (χ1v) is 10.5. The maximum atomic E-state index is 12.6. The van der Waals surface area contributed by atoms with Gasteiger partial charge in [-0.15, -0.1) is 11.3 Å². The zero-order valence-corrected chi connectivity index (χ0v) is 17.7. The number of benzene rings is 2. The summed E-state index contributed by atoms with van der Waals surface area (Å²) in [6.45, 7) is 1.98. The van der Waals surface area contributed by atoms with E-state index in [1.165, 1.54) is 29.5 Å². The molecule has 3 amide bonds. The highest BCUT2D eigenvalue weighted by atomic mass is 35.5. The van der Waals surface area contributed by atoms with Gasteiger partial charge in [-0.25, -0.2) is 0 Å². The van der Waals surface area contributed by atoms with Crippen LogP contribution in [0, 0.1) is 0 Å². The fourth-order valence-corrected chi connectivity index (χ4v) is 3.42. The zero-order chi connectivity index (χ0) is 21.5. The van der Waals surface area contributed by atoms with Crippen molar-refractivity contribution in [2.24, 2.45) is 0 Å². The van der Waals surface area contributed by atoms with Gasteiger partial charge in [0.2, 0.25) is 5.91 Å². The Bertz CT molecular complexity index is 1040. The van der Waals surface area contributed by atoms with Crippen LogP contribution >= 0.6 is 22.9 Å². The van der Waals surface area contributed by atoms with Crippen LogP contribution in [0.4, 0.5) is 5.69 Å². The van der Waals surface area contributed by atoms with E-state index in [1.54, 1.807) is 24.4 Å². The third kappa shape index (κ3) is 5.68. The highest BCUT2D eigenvalue weighted by molar-refractivity contribution is 7.12. The van der Waals surface area contributed by atoms with Crippen molar-refractivity contribution in [2.75, 3.05) is 5.32 Å². The van der Waals surface area contributed by atoms with Gasteiger partial charge in [-0.05, 0) is 42.1 Å². The van der Waals surface area contributed by atoms with Crippen molar-refractivity contribution in [3.63, 3.8) is 0 Å². The third-order valence-corrected chi connectivity index (χ3v) is 5.47. The summed E-state index contributed by atoms with van der Waals surface area (Å²) in [5.41, 5.74) is 1.57. The van der Waals surface area contributed by atoms with Crippen molar-refractivity contribution in [1.82, 2.24) is 10.6 Å². The summed E-state index contributed by atoms with van der Waals surface area (Å²) < 4.78 is 0. The van der Waals surface area contributed by atoms with Crippen molar-refractivity contribution in [2.45, 2.75) is 19.5 Å². The Hall–Kier alpha value is -3.16. The molecule has 0 aliphatic rings. The number of anilines is 1. The lowest BCUT2D eigenvalue weighted by Crippen LogP contribution is -2.44. The van der Waals surface area contributed by atoms with Gasteiger partial charge in [-0.2, -0.15) is 0 Å². The average Bonchev–Trinajstić information content (AvgIpc) is 3.29. The smallest absolute Gasteiger partial charge is 0.265 e. The zero-order valence-electron chi connectivity index (χ0n) is 16.1. The SMILES string of the molecule is CC(NC(=O)c1ccc(Cl)c(NC(=O)c2cccs2)c1)C(=O)NCc1ccccc1. The first-order chi connectivity index (χ1) is 14.4. The Kier molecular flexibility index (Phi) is 7.21. The Balaban J connectivity index is 1.60.